The Kier molecular flexibility index (Phi) is 5.66. The summed E-state index contributed by atoms with van der Waals surface area (Å²) >= 11 is 6.09. The molecule has 1 aromatic carbocycles. The zero-order chi connectivity index (χ0) is 15.3. The van der Waals surface area contributed by atoms with E-state index in [2.05, 4.69) is 0 Å². The lowest BCUT2D eigenvalue weighted by Crippen LogP contribution is -2.39. The van der Waals surface area contributed by atoms with Crippen molar-refractivity contribution in [3.05, 3.63) is 34.9 Å². The van der Waals surface area contributed by atoms with Crippen molar-refractivity contribution in [1.29, 1.82) is 0 Å². The minimum Gasteiger partial charge on any atom is -0.376 e. The Balaban J connectivity index is 1.98. The third-order valence-electron chi connectivity index (χ3n) is 4.05. The summed E-state index contributed by atoms with van der Waals surface area (Å²) in [6, 6.07) is 7.51. The van der Waals surface area contributed by atoms with Gasteiger partial charge in [-0.2, -0.15) is 0 Å². The van der Waals surface area contributed by atoms with Crippen molar-refractivity contribution in [1.82, 2.24) is 0 Å². The number of rotatable bonds is 6. The standard InChI is InChI=1S/C15H22ClNO3S/c16-14-7-3-2-6-13(14)10-20-11-15(12-21(17,18)19)8-4-1-5-9-15/h2-3,6-7H,1,4-5,8-12H2,(H2,17,18,19). The predicted octanol–water partition coefficient (Wildman–Crippen LogP) is 3.10. The van der Waals surface area contributed by atoms with Crippen molar-refractivity contribution in [2.24, 2.45) is 10.6 Å². The second-order valence-corrected chi connectivity index (χ2v) is 7.97. The molecule has 1 fully saturated rings. The number of hydrogen-bond donors (Lipinski definition) is 1. The molecule has 1 aliphatic carbocycles. The van der Waals surface area contributed by atoms with Gasteiger partial charge in [0.05, 0.1) is 19.0 Å². The Hall–Kier alpha value is -0.620. The highest BCUT2D eigenvalue weighted by Crippen LogP contribution is 2.37. The van der Waals surface area contributed by atoms with Crippen molar-refractivity contribution in [3.63, 3.8) is 0 Å². The van der Waals surface area contributed by atoms with Crippen LogP contribution >= 0.6 is 11.6 Å². The van der Waals surface area contributed by atoms with Gasteiger partial charge >= 0.3 is 0 Å². The van der Waals surface area contributed by atoms with Gasteiger partial charge in [0.2, 0.25) is 10.0 Å². The first kappa shape index (κ1) is 16.7. The highest BCUT2D eigenvalue weighted by molar-refractivity contribution is 7.89. The number of sulfonamides is 1. The molecule has 2 N–H and O–H groups in total. The molecule has 0 unspecified atom stereocenters. The van der Waals surface area contributed by atoms with Crippen LogP contribution in [0.4, 0.5) is 0 Å². The normalized spacial score (nSPS) is 18.6. The van der Waals surface area contributed by atoms with Crippen molar-refractivity contribution < 1.29 is 13.2 Å². The van der Waals surface area contributed by atoms with Crippen LogP contribution in [0, 0.1) is 5.41 Å². The molecular formula is C15H22ClNO3S. The Morgan fingerprint density at radius 1 is 1.19 bits per heavy atom. The molecule has 118 valence electrons. The fourth-order valence-electron chi connectivity index (χ4n) is 3.05. The lowest BCUT2D eigenvalue weighted by atomic mass is 9.76. The van der Waals surface area contributed by atoms with Gasteiger partial charge in [-0.05, 0) is 24.5 Å². The summed E-state index contributed by atoms with van der Waals surface area (Å²) in [7, 11) is -3.49. The maximum absolute atomic E-state index is 11.5. The number of primary sulfonamides is 1. The van der Waals surface area contributed by atoms with Crippen molar-refractivity contribution in [2.45, 2.75) is 38.7 Å². The average molecular weight is 332 g/mol. The van der Waals surface area contributed by atoms with Crippen LogP contribution in [0.2, 0.25) is 5.02 Å². The minimum absolute atomic E-state index is 0.00250. The number of nitrogens with two attached hydrogens (primary N) is 1. The molecule has 6 heteroatoms. The van der Waals surface area contributed by atoms with Crippen LogP contribution in [0.15, 0.2) is 24.3 Å². The summed E-state index contributed by atoms with van der Waals surface area (Å²) in [5, 5.41) is 5.92. The summed E-state index contributed by atoms with van der Waals surface area (Å²) in [6.07, 6.45) is 4.92. The molecule has 0 radical (unpaired) electrons. The monoisotopic (exact) mass is 331 g/mol. The molecule has 0 amide bonds. The summed E-state index contributed by atoms with van der Waals surface area (Å²) in [5.74, 6) is 0.00250. The van der Waals surface area contributed by atoms with E-state index in [1.54, 1.807) is 0 Å². The van der Waals surface area contributed by atoms with E-state index in [1.807, 2.05) is 24.3 Å². The fraction of sp³-hybridized carbons (Fsp3) is 0.600. The number of ether oxygens (including phenoxy) is 1. The maximum Gasteiger partial charge on any atom is 0.209 e. The summed E-state index contributed by atoms with van der Waals surface area (Å²) in [4.78, 5) is 0. The quantitative estimate of drug-likeness (QED) is 0.870. The van der Waals surface area contributed by atoms with Crippen molar-refractivity contribution in [3.8, 4) is 0 Å². The third kappa shape index (κ3) is 5.25. The lowest BCUT2D eigenvalue weighted by molar-refractivity contribution is 0.0240. The Morgan fingerprint density at radius 2 is 1.86 bits per heavy atom. The van der Waals surface area contributed by atoms with E-state index >= 15 is 0 Å². The van der Waals surface area contributed by atoms with E-state index in [4.69, 9.17) is 21.5 Å². The molecule has 1 aliphatic rings. The van der Waals surface area contributed by atoms with E-state index in [1.165, 1.54) is 0 Å². The molecule has 0 aliphatic heterocycles. The van der Waals surface area contributed by atoms with E-state index in [0.717, 1.165) is 37.7 Å². The van der Waals surface area contributed by atoms with Gasteiger partial charge in [-0.25, -0.2) is 13.6 Å². The van der Waals surface area contributed by atoms with E-state index < -0.39 is 10.0 Å². The van der Waals surface area contributed by atoms with Gasteiger partial charge in [-0.1, -0.05) is 49.1 Å². The molecule has 0 bridgehead atoms. The van der Waals surface area contributed by atoms with Crippen LogP contribution in [0.3, 0.4) is 0 Å². The zero-order valence-corrected chi connectivity index (χ0v) is 13.6. The van der Waals surface area contributed by atoms with Crippen LogP contribution < -0.4 is 5.14 Å². The largest absolute Gasteiger partial charge is 0.376 e. The van der Waals surface area contributed by atoms with Gasteiger partial charge in [0.15, 0.2) is 0 Å². The molecule has 0 atom stereocenters. The van der Waals surface area contributed by atoms with Gasteiger partial charge < -0.3 is 4.74 Å². The predicted molar refractivity (Wildman–Crippen MR) is 84.6 cm³/mol. The van der Waals surface area contributed by atoms with Gasteiger partial charge in [-0.15, -0.1) is 0 Å². The second-order valence-electron chi connectivity index (χ2n) is 5.95. The fourth-order valence-corrected chi connectivity index (χ4v) is 4.47. The van der Waals surface area contributed by atoms with Gasteiger partial charge in [0.1, 0.15) is 0 Å². The molecular weight excluding hydrogens is 310 g/mol. The Morgan fingerprint density at radius 3 is 2.48 bits per heavy atom. The van der Waals surface area contributed by atoms with E-state index in [0.29, 0.717) is 18.2 Å². The van der Waals surface area contributed by atoms with E-state index in [-0.39, 0.29) is 11.2 Å². The van der Waals surface area contributed by atoms with Crippen LogP contribution in [0.1, 0.15) is 37.7 Å². The molecule has 0 aromatic heterocycles. The lowest BCUT2D eigenvalue weighted by Gasteiger charge is -2.36. The van der Waals surface area contributed by atoms with Crippen molar-refractivity contribution >= 4 is 21.6 Å². The summed E-state index contributed by atoms with van der Waals surface area (Å²) < 4.78 is 28.8. The van der Waals surface area contributed by atoms with Gasteiger partial charge in [-0.3, -0.25) is 0 Å². The van der Waals surface area contributed by atoms with Crippen LogP contribution in [0.25, 0.3) is 0 Å². The number of benzene rings is 1. The Bertz CT molecular complexity index is 568. The highest BCUT2D eigenvalue weighted by Gasteiger charge is 2.36. The average Bonchev–Trinajstić information content (AvgIpc) is 2.40. The SMILES string of the molecule is NS(=O)(=O)CC1(COCc2ccccc2Cl)CCCCC1. The molecule has 1 saturated carbocycles. The van der Waals surface area contributed by atoms with E-state index in [9.17, 15) is 8.42 Å². The molecule has 21 heavy (non-hydrogen) atoms. The first-order valence-electron chi connectivity index (χ1n) is 7.22. The smallest absolute Gasteiger partial charge is 0.209 e. The summed E-state index contributed by atoms with van der Waals surface area (Å²) in [6.45, 7) is 0.806. The molecule has 0 saturated heterocycles. The zero-order valence-electron chi connectivity index (χ0n) is 12.1. The molecule has 0 heterocycles. The first-order valence-corrected chi connectivity index (χ1v) is 9.31. The van der Waals surface area contributed by atoms with Crippen LogP contribution in [-0.4, -0.2) is 20.8 Å². The Labute approximate surface area is 131 Å². The minimum atomic E-state index is -3.49. The maximum atomic E-state index is 11.5. The highest BCUT2D eigenvalue weighted by atomic mass is 35.5. The second kappa shape index (κ2) is 7.09. The van der Waals surface area contributed by atoms with Crippen molar-refractivity contribution in [2.75, 3.05) is 12.4 Å². The number of hydrogen-bond acceptors (Lipinski definition) is 3. The van der Waals surface area contributed by atoms with Gasteiger partial charge in [0, 0.05) is 10.4 Å². The summed E-state index contributed by atoms with van der Waals surface area (Å²) in [5.41, 5.74) is 0.577. The van der Waals surface area contributed by atoms with Crippen LogP contribution in [-0.2, 0) is 21.4 Å². The first-order chi connectivity index (χ1) is 9.90. The third-order valence-corrected chi connectivity index (χ3v) is 5.43. The molecule has 0 spiro atoms. The molecule has 2 rings (SSSR count). The molecule has 1 aromatic rings. The van der Waals surface area contributed by atoms with Gasteiger partial charge in [0.25, 0.3) is 0 Å². The number of halogens is 1. The molecule has 4 nitrogen and oxygen atoms in total. The topological polar surface area (TPSA) is 69.4 Å². The van der Waals surface area contributed by atoms with Crippen LogP contribution in [0.5, 0.6) is 0 Å².